The largest absolute Gasteiger partial charge is 0.456 e. The number of esters is 1. The molecule has 0 spiro atoms. The second-order valence-electron chi connectivity index (χ2n) is 4.86. The van der Waals surface area contributed by atoms with Gasteiger partial charge < -0.3 is 4.74 Å². The van der Waals surface area contributed by atoms with Crippen molar-refractivity contribution in [3.63, 3.8) is 0 Å². The van der Waals surface area contributed by atoms with Crippen LogP contribution in [0.5, 0.6) is 0 Å². The minimum Gasteiger partial charge on any atom is -0.456 e. The number of hydrogen-bond donors (Lipinski definition) is 0. The Kier molecular flexibility index (Phi) is 5.42. The zero-order chi connectivity index (χ0) is 17.6. The summed E-state index contributed by atoms with van der Waals surface area (Å²) in [7, 11) is 0. The van der Waals surface area contributed by atoms with Crippen LogP contribution in [-0.4, -0.2) is 25.5 Å². The summed E-state index contributed by atoms with van der Waals surface area (Å²) in [4.78, 5) is 23.9. The number of carbonyl (C=O) groups is 1. The molecular weight excluding hydrogens is 363 g/mol. The summed E-state index contributed by atoms with van der Waals surface area (Å²) in [5, 5.41) is 0.372. The molecule has 1 aromatic carbocycles. The highest BCUT2D eigenvalue weighted by molar-refractivity contribution is 6.33. The molecule has 126 valence electrons. The van der Waals surface area contributed by atoms with Crippen LogP contribution in [0.25, 0.3) is 11.8 Å². The molecule has 8 heteroatoms. The molecule has 0 fully saturated rings. The van der Waals surface area contributed by atoms with E-state index in [4.69, 9.17) is 27.9 Å². The van der Waals surface area contributed by atoms with E-state index in [1.54, 1.807) is 10.8 Å². The van der Waals surface area contributed by atoms with Crippen molar-refractivity contribution in [1.82, 2.24) is 19.5 Å². The molecule has 3 aromatic rings. The van der Waals surface area contributed by atoms with E-state index in [1.807, 2.05) is 30.3 Å². The zero-order valence-electron chi connectivity index (χ0n) is 12.8. The molecule has 0 saturated heterocycles. The molecule has 0 bridgehead atoms. The predicted octanol–water partition coefficient (Wildman–Crippen LogP) is 3.73. The van der Waals surface area contributed by atoms with Crippen molar-refractivity contribution in [2.75, 3.05) is 0 Å². The summed E-state index contributed by atoms with van der Waals surface area (Å²) >= 11 is 12.3. The fourth-order valence-electron chi connectivity index (χ4n) is 2.10. The molecule has 2 aromatic heterocycles. The molecule has 0 saturated carbocycles. The molecular formula is C17H12Cl2N4O2. The van der Waals surface area contributed by atoms with Crippen LogP contribution >= 0.6 is 23.2 Å². The van der Waals surface area contributed by atoms with Crippen LogP contribution in [0.15, 0.2) is 55.0 Å². The minimum absolute atomic E-state index is 0.0723. The van der Waals surface area contributed by atoms with Crippen LogP contribution in [0.1, 0.15) is 11.4 Å². The summed E-state index contributed by atoms with van der Waals surface area (Å²) in [6, 6.07) is 9.30. The Bertz CT molecular complexity index is 896. The van der Waals surface area contributed by atoms with E-state index >= 15 is 0 Å². The number of imidazole rings is 1. The normalized spacial score (nSPS) is 11.0. The lowest BCUT2D eigenvalue weighted by Crippen LogP contribution is -2.06. The quantitative estimate of drug-likeness (QED) is 0.502. The second-order valence-corrected chi connectivity index (χ2v) is 5.56. The van der Waals surface area contributed by atoms with Gasteiger partial charge in [-0.05, 0) is 29.8 Å². The first-order chi connectivity index (χ1) is 12.1. The van der Waals surface area contributed by atoms with Gasteiger partial charge in [0, 0.05) is 24.2 Å². The number of rotatable bonds is 5. The smallest absolute Gasteiger partial charge is 0.331 e. The highest BCUT2D eigenvalue weighted by Gasteiger charge is 2.17. The maximum atomic E-state index is 11.9. The number of benzene rings is 1. The van der Waals surface area contributed by atoms with Crippen LogP contribution in [0, 0.1) is 0 Å². The van der Waals surface area contributed by atoms with Crippen molar-refractivity contribution in [3.05, 3.63) is 76.8 Å². The van der Waals surface area contributed by atoms with Gasteiger partial charge in [0.1, 0.15) is 12.3 Å². The number of nitrogens with zero attached hydrogens (tertiary/aromatic N) is 4. The summed E-state index contributed by atoms with van der Waals surface area (Å²) < 4.78 is 6.86. The van der Waals surface area contributed by atoms with Gasteiger partial charge in [-0.3, -0.25) is 14.5 Å². The number of aromatic nitrogens is 4. The summed E-state index contributed by atoms with van der Waals surface area (Å²) in [6.45, 7) is -0.0723. The van der Waals surface area contributed by atoms with E-state index < -0.39 is 5.97 Å². The van der Waals surface area contributed by atoms with Crippen molar-refractivity contribution in [3.8, 4) is 5.69 Å². The summed E-state index contributed by atoms with van der Waals surface area (Å²) in [5.41, 5.74) is 1.81. The van der Waals surface area contributed by atoms with Gasteiger partial charge in [0.15, 0.2) is 5.15 Å². The van der Waals surface area contributed by atoms with Crippen LogP contribution in [0.3, 0.4) is 0 Å². The average Bonchev–Trinajstić information content (AvgIpc) is 2.93. The average molecular weight is 375 g/mol. The Morgan fingerprint density at radius 2 is 2.00 bits per heavy atom. The van der Waals surface area contributed by atoms with Gasteiger partial charge >= 0.3 is 5.97 Å². The fourth-order valence-corrected chi connectivity index (χ4v) is 2.65. The van der Waals surface area contributed by atoms with Crippen molar-refractivity contribution in [2.24, 2.45) is 0 Å². The third kappa shape index (κ3) is 4.23. The van der Waals surface area contributed by atoms with E-state index in [2.05, 4.69) is 15.0 Å². The third-order valence-electron chi connectivity index (χ3n) is 3.22. The SMILES string of the molecule is O=C(/C=C/c1cnccn1)OCc1c(Cl)nc(Cl)n1-c1ccccc1. The minimum atomic E-state index is -0.543. The lowest BCUT2D eigenvalue weighted by Gasteiger charge is -2.09. The van der Waals surface area contributed by atoms with Crippen molar-refractivity contribution in [1.29, 1.82) is 0 Å². The highest BCUT2D eigenvalue weighted by atomic mass is 35.5. The Morgan fingerprint density at radius 1 is 1.20 bits per heavy atom. The molecule has 0 N–H and O–H groups in total. The molecule has 0 aliphatic heterocycles. The Hall–Kier alpha value is -2.70. The van der Waals surface area contributed by atoms with Gasteiger partial charge in [-0.15, -0.1) is 0 Å². The number of halogens is 2. The molecule has 6 nitrogen and oxygen atoms in total. The first-order valence-corrected chi connectivity index (χ1v) is 7.99. The molecule has 3 rings (SSSR count). The highest BCUT2D eigenvalue weighted by Crippen LogP contribution is 2.26. The fraction of sp³-hybridized carbons (Fsp3) is 0.0588. The van der Waals surface area contributed by atoms with Gasteiger partial charge in [-0.25, -0.2) is 9.78 Å². The summed E-state index contributed by atoms with van der Waals surface area (Å²) in [6.07, 6.45) is 7.39. The molecule has 0 atom stereocenters. The van der Waals surface area contributed by atoms with E-state index in [-0.39, 0.29) is 17.0 Å². The van der Waals surface area contributed by atoms with Crippen LogP contribution < -0.4 is 0 Å². The summed E-state index contributed by atoms with van der Waals surface area (Å²) in [5.74, 6) is -0.543. The van der Waals surface area contributed by atoms with Gasteiger partial charge in [-0.1, -0.05) is 29.8 Å². The van der Waals surface area contributed by atoms with Gasteiger partial charge in [0.25, 0.3) is 0 Å². The van der Waals surface area contributed by atoms with E-state index in [9.17, 15) is 4.79 Å². The monoisotopic (exact) mass is 374 g/mol. The van der Waals surface area contributed by atoms with Crippen LogP contribution in [0.4, 0.5) is 0 Å². The van der Waals surface area contributed by atoms with Gasteiger partial charge in [-0.2, -0.15) is 0 Å². The lowest BCUT2D eigenvalue weighted by atomic mass is 10.3. The predicted molar refractivity (Wildman–Crippen MR) is 94.4 cm³/mol. The van der Waals surface area contributed by atoms with Gasteiger partial charge in [0.2, 0.25) is 5.28 Å². The molecule has 0 radical (unpaired) electrons. The Balaban J connectivity index is 1.73. The topological polar surface area (TPSA) is 69.9 Å². The van der Waals surface area contributed by atoms with Crippen LogP contribution in [-0.2, 0) is 16.1 Å². The van der Waals surface area contributed by atoms with Crippen molar-refractivity contribution < 1.29 is 9.53 Å². The van der Waals surface area contributed by atoms with Crippen molar-refractivity contribution >= 4 is 35.2 Å². The standard InChI is InChI=1S/C17H12Cl2N4O2/c18-16-14(23(17(19)22-16)13-4-2-1-3-5-13)11-25-15(24)7-6-12-10-20-8-9-21-12/h1-10H,11H2/b7-6+. The van der Waals surface area contributed by atoms with E-state index in [0.29, 0.717) is 11.4 Å². The first kappa shape index (κ1) is 17.1. The van der Waals surface area contributed by atoms with Gasteiger partial charge in [0.05, 0.1) is 11.9 Å². The molecule has 0 aliphatic rings. The van der Waals surface area contributed by atoms with E-state index in [1.165, 1.54) is 24.5 Å². The molecule has 0 amide bonds. The molecule has 25 heavy (non-hydrogen) atoms. The van der Waals surface area contributed by atoms with E-state index in [0.717, 1.165) is 5.69 Å². The molecule has 2 heterocycles. The number of carbonyl (C=O) groups excluding carboxylic acids is 1. The Morgan fingerprint density at radius 3 is 2.72 bits per heavy atom. The third-order valence-corrected chi connectivity index (χ3v) is 3.78. The van der Waals surface area contributed by atoms with Crippen LogP contribution in [0.2, 0.25) is 10.4 Å². The Labute approximate surface area is 153 Å². The van der Waals surface area contributed by atoms with Crippen molar-refractivity contribution in [2.45, 2.75) is 6.61 Å². The number of hydrogen-bond acceptors (Lipinski definition) is 5. The second kappa shape index (κ2) is 7.92. The zero-order valence-corrected chi connectivity index (χ0v) is 14.4. The first-order valence-electron chi connectivity index (χ1n) is 7.24. The maximum absolute atomic E-state index is 11.9. The number of ether oxygens (including phenoxy) is 1. The lowest BCUT2D eigenvalue weighted by molar-refractivity contribution is -0.139. The molecule has 0 unspecified atom stereocenters. The molecule has 0 aliphatic carbocycles. The number of para-hydroxylation sites is 1. The maximum Gasteiger partial charge on any atom is 0.331 e.